The van der Waals surface area contributed by atoms with Crippen LogP contribution in [0, 0.1) is 5.82 Å². The van der Waals surface area contributed by atoms with E-state index in [-0.39, 0.29) is 13.2 Å². The molecule has 0 saturated heterocycles. The maximum Gasteiger partial charge on any atom is 0.331 e. The van der Waals surface area contributed by atoms with E-state index >= 15 is 0 Å². The van der Waals surface area contributed by atoms with Crippen LogP contribution in [-0.4, -0.2) is 5.97 Å². The van der Waals surface area contributed by atoms with E-state index in [0.717, 1.165) is 5.56 Å². The fraction of sp³-hybridized carbons (Fsp3) is 0.136. The summed E-state index contributed by atoms with van der Waals surface area (Å²) in [5.74, 6) is -0.00189. The molecule has 4 rings (SSSR count). The highest BCUT2D eigenvalue weighted by Crippen LogP contribution is 2.36. The van der Waals surface area contributed by atoms with E-state index in [4.69, 9.17) is 18.6 Å². The number of carbonyl (C=O) groups excluding carboxylic acids is 1. The summed E-state index contributed by atoms with van der Waals surface area (Å²) in [5.41, 5.74) is 1.87. The molecule has 1 aromatic heterocycles. The molecule has 0 unspecified atom stereocenters. The van der Waals surface area contributed by atoms with Crippen LogP contribution in [0.4, 0.5) is 4.39 Å². The standard InChI is InChI=1S/C22H17FO5/c23-18-11-16(13-26-20(24)9-8-19-7-4-10-25-19)21-17(12-18)14-27-22(28-21)15-5-2-1-3-6-15/h1-12,22H,13-14H2/b9-8+/t22-/m1/s1. The molecule has 0 bridgehead atoms. The Morgan fingerprint density at radius 2 is 2.04 bits per heavy atom. The van der Waals surface area contributed by atoms with Crippen LogP contribution in [0.1, 0.15) is 28.7 Å². The van der Waals surface area contributed by atoms with Gasteiger partial charge in [-0.2, -0.15) is 0 Å². The minimum Gasteiger partial charge on any atom is -0.465 e. The van der Waals surface area contributed by atoms with E-state index in [0.29, 0.717) is 22.6 Å². The highest BCUT2D eigenvalue weighted by Gasteiger charge is 2.25. The molecule has 2 aromatic carbocycles. The zero-order valence-electron chi connectivity index (χ0n) is 14.8. The van der Waals surface area contributed by atoms with Crippen LogP contribution in [0.25, 0.3) is 6.08 Å². The second-order valence-electron chi connectivity index (χ2n) is 6.18. The first-order valence-electron chi connectivity index (χ1n) is 8.72. The molecule has 3 aromatic rings. The molecule has 0 saturated carbocycles. The molecule has 6 heteroatoms. The van der Waals surface area contributed by atoms with E-state index in [1.165, 1.54) is 30.5 Å². The van der Waals surface area contributed by atoms with Gasteiger partial charge in [0.15, 0.2) is 0 Å². The average molecular weight is 380 g/mol. The van der Waals surface area contributed by atoms with Crippen LogP contribution in [0.15, 0.2) is 71.4 Å². The summed E-state index contributed by atoms with van der Waals surface area (Å²) in [6.07, 6.45) is 3.65. The van der Waals surface area contributed by atoms with E-state index < -0.39 is 18.1 Å². The van der Waals surface area contributed by atoms with Crippen molar-refractivity contribution in [3.05, 3.63) is 95.2 Å². The molecule has 2 heterocycles. The van der Waals surface area contributed by atoms with Crippen LogP contribution in [-0.2, 0) is 27.5 Å². The lowest BCUT2D eigenvalue weighted by atomic mass is 10.1. The monoisotopic (exact) mass is 380 g/mol. The van der Waals surface area contributed by atoms with Crippen molar-refractivity contribution in [2.24, 2.45) is 0 Å². The molecule has 1 aliphatic rings. The highest BCUT2D eigenvalue weighted by atomic mass is 19.1. The Kier molecular flexibility index (Phi) is 5.21. The van der Waals surface area contributed by atoms with Crippen molar-refractivity contribution < 1.29 is 27.8 Å². The van der Waals surface area contributed by atoms with Crippen LogP contribution in [0.2, 0.25) is 0 Å². The quantitative estimate of drug-likeness (QED) is 0.471. The molecule has 0 spiro atoms. The number of hydrogen-bond donors (Lipinski definition) is 0. The Bertz CT molecular complexity index is 980. The third-order valence-corrected chi connectivity index (χ3v) is 4.19. The normalized spacial score (nSPS) is 15.8. The molecule has 0 amide bonds. The van der Waals surface area contributed by atoms with Crippen molar-refractivity contribution in [3.8, 4) is 5.75 Å². The fourth-order valence-corrected chi connectivity index (χ4v) is 2.89. The van der Waals surface area contributed by atoms with Gasteiger partial charge in [-0.1, -0.05) is 30.3 Å². The first kappa shape index (κ1) is 18.0. The summed E-state index contributed by atoms with van der Waals surface area (Å²) in [5, 5.41) is 0. The molecular formula is C22H17FO5. The first-order chi connectivity index (χ1) is 13.7. The van der Waals surface area contributed by atoms with E-state index in [2.05, 4.69) is 0 Å². The number of esters is 1. The Morgan fingerprint density at radius 1 is 1.18 bits per heavy atom. The van der Waals surface area contributed by atoms with Crippen molar-refractivity contribution in [1.29, 1.82) is 0 Å². The summed E-state index contributed by atoms with van der Waals surface area (Å²) in [6, 6.07) is 15.5. The van der Waals surface area contributed by atoms with Gasteiger partial charge in [-0.15, -0.1) is 0 Å². The van der Waals surface area contributed by atoms with Crippen LogP contribution in [0.3, 0.4) is 0 Å². The summed E-state index contributed by atoms with van der Waals surface area (Å²) in [6.45, 7) is 0.0783. The first-order valence-corrected chi connectivity index (χ1v) is 8.72. The van der Waals surface area contributed by atoms with Crippen LogP contribution >= 0.6 is 0 Å². The Morgan fingerprint density at radius 3 is 2.82 bits per heavy atom. The van der Waals surface area contributed by atoms with Gasteiger partial charge in [-0.3, -0.25) is 0 Å². The summed E-state index contributed by atoms with van der Waals surface area (Å²) < 4.78 is 35.9. The smallest absolute Gasteiger partial charge is 0.331 e. The van der Waals surface area contributed by atoms with Gasteiger partial charge in [0.2, 0.25) is 6.29 Å². The van der Waals surface area contributed by atoms with Gasteiger partial charge < -0.3 is 18.6 Å². The second kappa shape index (κ2) is 8.10. The van der Waals surface area contributed by atoms with Gasteiger partial charge in [-0.25, -0.2) is 9.18 Å². The number of furan rings is 1. The van der Waals surface area contributed by atoms with Gasteiger partial charge in [-0.05, 0) is 30.3 Å². The Balaban J connectivity index is 1.49. The van der Waals surface area contributed by atoms with Crippen molar-refractivity contribution in [3.63, 3.8) is 0 Å². The predicted molar refractivity (Wildman–Crippen MR) is 98.5 cm³/mol. The molecule has 5 nitrogen and oxygen atoms in total. The minimum absolute atomic E-state index is 0.122. The van der Waals surface area contributed by atoms with Crippen molar-refractivity contribution in [2.75, 3.05) is 0 Å². The van der Waals surface area contributed by atoms with Gasteiger partial charge in [0.25, 0.3) is 0 Å². The Labute approximate surface area is 161 Å². The van der Waals surface area contributed by atoms with Gasteiger partial charge in [0.1, 0.15) is 23.9 Å². The van der Waals surface area contributed by atoms with E-state index in [1.54, 1.807) is 12.1 Å². The molecule has 0 N–H and O–H groups in total. The molecule has 1 atom stereocenters. The number of hydrogen-bond acceptors (Lipinski definition) is 5. The van der Waals surface area contributed by atoms with Gasteiger partial charge >= 0.3 is 5.97 Å². The third kappa shape index (κ3) is 4.13. The number of carbonyl (C=O) groups is 1. The topological polar surface area (TPSA) is 57.9 Å². The van der Waals surface area contributed by atoms with E-state index in [9.17, 15) is 9.18 Å². The number of benzene rings is 2. The highest BCUT2D eigenvalue weighted by molar-refractivity contribution is 5.86. The molecule has 1 aliphatic heterocycles. The summed E-state index contributed by atoms with van der Waals surface area (Å²) in [7, 11) is 0. The van der Waals surface area contributed by atoms with Gasteiger partial charge in [0.05, 0.1) is 12.9 Å². The second-order valence-corrected chi connectivity index (χ2v) is 6.18. The molecular weight excluding hydrogens is 363 g/mol. The van der Waals surface area contributed by atoms with Crippen molar-refractivity contribution in [2.45, 2.75) is 19.5 Å². The zero-order valence-corrected chi connectivity index (χ0v) is 14.8. The largest absolute Gasteiger partial charge is 0.465 e. The van der Waals surface area contributed by atoms with Crippen LogP contribution < -0.4 is 4.74 Å². The lowest BCUT2D eigenvalue weighted by molar-refractivity contribution is -0.139. The fourth-order valence-electron chi connectivity index (χ4n) is 2.89. The number of rotatable bonds is 5. The molecule has 0 radical (unpaired) electrons. The van der Waals surface area contributed by atoms with Gasteiger partial charge in [0, 0.05) is 22.8 Å². The lowest BCUT2D eigenvalue weighted by Gasteiger charge is -2.28. The molecule has 28 heavy (non-hydrogen) atoms. The lowest BCUT2D eigenvalue weighted by Crippen LogP contribution is -2.19. The minimum atomic E-state index is -0.604. The number of fused-ring (bicyclic) bond motifs is 1. The number of halogens is 1. The Hall–Kier alpha value is -3.38. The average Bonchev–Trinajstić information content (AvgIpc) is 3.24. The number of ether oxygens (including phenoxy) is 3. The maximum atomic E-state index is 14.0. The van der Waals surface area contributed by atoms with Crippen molar-refractivity contribution >= 4 is 12.0 Å². The van der Waals surface area contributed by atoms with E-state index in [1.807, 2.05) is 30.3 Å². The van der Waals surface area contributed by atoms with Crippen LogP contribution in [0.5, 0.6) is 5.75 Å². The SMILES string of the molecule is O=C(/C=C/c1ccco1)OCc1cc(F)cc2c1O[C@H](c1ccccc1)OC2. The predicted octanol–water partition coefficient (Wildman–Crippen LogP) is 4.78. The van der Waals surface area contributed by atoms with Crippen molar-refractivity contribution in [1.82, 2.24) is 0 Å². The summed E-state index contributed by atoms with van der Waals surface area (Å²) in [4.78, 5) is 11.9. The maximum absolute atomic E-state index is 14.0. The molecule has 142 valence electrons. The molecule has 0 aliphatic carbocycles. The molecule has 0 fully saturated rings. The summed E-state index contributed by atoms with van der Waals surface area (Å²) >= 11 is 0. The zero-order chi connectivity index (χ0) is 19.3. The third-order valence-electron chi connectivity index (χ3n) is 4.19.